The van der Waals surface area contributed by atoms with Gasteiger partial charge in [-0.25, -0.2) is 4.79 Å². The summed E-state index contributed by atoms with van der Waals surface area (Å²) < 4.78 is 17.9. The molecule has 0 saturated heterocycles. The first-order valence-electron chi connectivity index (χ1n) is 16.3. The number of allylic oxidation sites excluding steroid dienone is 1. The fourth-order valence-electron chi connectivity index (χ4n) is 7.14. The summed E-state index contributed by atoms with van der Waals surface area (Å²) >= 11 is 0. The highest BCUT2D eigenvalue weighted by molar-refractivity contribution is 5.91. The minimum absolute atomic E-state index is 0.232. The predicted octanol–water partition coefficient (Wildman–Crippen LogP) is 10.00. The number of hydrogen-bond donors (Lipinski definition) is 0. The second-order valence-electron chi connectivity index (χ2n) is 12.4. The molecule has 2 aromatic carbocycles. The lowest BCUT2D eigenvalue weighted by Crippen LogP contribution is -2.50. The Morgan fingerprint density at radius 1 is 0.829 bits per heavy atom. The lowest BCUT2D eigenvalue weighted by molar-refractivity contribution is -0.101. The van der Waals surface area contributed by atoms with Crippen LogP contribution in [-0.4, -0.2) is 25.3 Å². The topological polar surface area (TPSA) is 44.8 Å². The van der Waals surface area contributed by atoms with Gasteiger partial charge in [-0.3, -0.25) is 0 Å². The number of carbonyl (C=O) groups is 1. The van der Waals surface area contributed by atoms with Crippen molar-refractivity contribution in [1.82, 2.24) is 0 Å². The summed E-state index contributed by atoms with van der Waals surface area (Å²) in [7, 11) is 0. The first kappa shape index (κ1) is 31.3. The summed E-state index contributed by atoms with van der Waals surface area (Å²) in [4.78, 5) is 12.9. The molecule has 4 heteroatoms. The number of ether oxygens (including phenoxy) is 3. The van der Waals surface area contributed by atoms with Crippen LogP contribution in [0.4, 0.5) is 0 Å². The quantitative estimate of drug-likeness (QED) is 0.0787. The molecule has 0 spiro atoms. The van der Waals surface area contributed by atoms with Crippen LogP contribution in [0.2, 0.25) is 0 Å². The van der Waals surface area contributed by atoms with E-state index in [1.807, 2.05) is 42.5 Å². The molecule has 3 aliphatic carbocycles. The van der Waals surface area contributed by atoms with Crippen molar-refractivity contribution in [2.45, 2.75) is 122 Å². The lowest BCUT2D eigenvalue weighted by atomic mass is 9.50. The zero-order valence-corrected chi connectivity index (χ0v) is 25.6. The summed E-state index contributed by atoms with van der Waals surface area (Å²) in [6.45, 7) is 9.75. The maximum Gasteiger partial charge on any atom is 0.343 e. The van der Waals surface area contributed by atoms with Crippen molar-refractivity contribution in [3.8, 4) is 11.5 Å². The molecular weight excluding hydrogens is 508 g/mol. The fourth-order valence-corrected chi connectivity index (χ4v) is 7.14. The van der Waals surface area contributed by atoms with E-state index in [9.17, 15) is 4.79 Å². The molecule has 0 heterocycles. The largest absolute Gasteiger partial charge is 0.494 e. The number of fused-ring (bicyclic) bond motifs is 3. The average molecular weight is 561 g/mol. The Bertz CT molecular complexity index is 1050. The SMILES string of the molecule is C=CCCCCC(OCC)C12CCC(c3ccc(C(=O)Oc4ccc(OCCCCCCC)cc4)cc3)(CC1)CC2. The maximum absolute atomic E-state index is 12.9. The van der Waals surface area contributed by atoms with E-state index < -0.39 is 0 Å². The van der Waals surface area contributed by atoms with Crippen molar-refractivity contribution in [1.29, 1.82) is 0 Å². The van der Waals surface area contributed by atoms with Crippen LogP contribution in [0.1, 0.15) is 126 Å². The van der Waals surface area contributed by atoms with Crippen molar-refractivity contribution >= 4 is 5.97 Å². The summed E-state index contributed by atoms with van der Waals surface area (Å²) in [5.74, 6) is 1.03. The second-order valence-corrected chi connectivity index (χ2v) is 12.4. The van der Waals surface area contributed by atoms with Crippen LogP contribution >= 0.6 is 0 Å². The molecule has 0 aromatic heterocycles. The van der Waals surface area contributed by atoms with Gasteiger partial charge in [0, 0.05) is 6.61 Å². The van der Waals surface area contributed by atoms with Crippen molar-refractivity contribution in [2.75, 3.05) is 13.2 Å². The molecule has 0 amide bonds. The Morgan fingerprint density at radius 2 is 1.49 bits per heavy atom. The van der Waals surface area contributed by atoms with Gasteiger partial charge in [-0.2, -0.15) is 0 Å². The molecule has 0 aliphatic heterocycles. The molecule has 0 N–H and O–H groups in total. The van der Waals surface area contributed by atoms with Gasteiger partial charge >= 0.3 is 5.97 Å². The van der Waals surface area contributed by atoms with Crippen LogP contribution < -0.4 is 9.47 Å². The minimum atomic E-state index is -0.319. The standard InChI is InChI=1S/C37H52O4/c1-4-7-9-11-13-29-40-32-19-21-33(22-20-32)41-35(38)30-15-17-31(18-16-30)36-23-26-37(27-24-36,28-25-36)34(39-6-3)14-12-10-8-5-2/h5,15-22,34H,2,4,6-14,23-29H2,1,3H3. The molecule has 3 aliphatic rings. The summed E-state index contributed by atoms with van der Waals surface area (Å²) in [6.07, 6.45) is 20.5. The van der Waals surface area contributed by atoms with E-state index >= 15 is 0 Å². The van der Waals surface area contributed by atoms with Crippen LogP contribution in [0.3, 0.4) is 0 Å². The molecule has 3 fully saturated rings. The normalized spacial score (nSPS) is 22.3. The first-order valence-corrected chi connectivity index (χ1v) is 16.3. The molecule has 3 saturated carbocycles. The maximum atomic E-state index is 12.9. The van der Waals surface area contributed by atoms with Crippen molar-refractivity contribution in [3.05, 3.63) is 72.3 Å². The van der Waals surface area contributed by atoms with Crippen LogP contribution in [0.25, 0.3) is 0 Å². The van der Waals surface area contributed by atoms with Crippen LogP contribution in [-0.2, 0) is 10.2 Å². The van der Waals surface area contributed by atoms with Gasteiger partial charge in [0.1, 0.15) is 11.5 Å². The van der Waals surface area contributed by atoms with E-state index in [1.54, 1.807) is 0 Å². The average Bonchev–Trinajstić information content (AvgIpc) is 3.02. The molecule has 224 valence electrons. The van der Waals surface area contributed by atoms with Gasteiger partial charge < -0.3 is 14.2 Å². The lowest BCUT2D eigenvalue weighted by Gasteiger charge is -2.56. The minimum Gasteiger partial charge on any atom is -0.494 e. The number of benzene rings is 2. The van der Waals surface area contributed by atoms with Crippen molar-refractivity contribution in [2.24, 2.45) is 5.41 Å². The predicted molar refractivity (Wildman–Crippen MR) is 168 cm³/mol. The molecule has 1 atom stereocenters. The zero-order chi connectivity index (χ0) is 29.0. The molecular formula is C37H52O4. The van der Waals surface area contributed by atoms with E-state index in [0.717, 1.165) is 31.8 Å². The van der Waals surface area contributed by atoms with Crippen molar-refractivity contribution in [3.63, 3.8) is 0 Å². The summed E-state index contributed by atoms with van der Waals surface area (Å²) in [5, 5.41) is 0. The van der Waals surface area contributed by atoms with Gasteiger partial charge in [0.15, 0.2) is 0 Å². The van der Waals surface area contributed by atoms with Gasteiger partial charge in [0.25, 0.3) is 0 Å². The summed E-state index contributed by atoms with van der Waals surface area (Å²) in [5.41, 5.74) is 2.53. The van der Waals surface area contributed by atoms with Crippen LogP contribution in [0.5, 0.6) is 11.5 Å². The van der Waals surface area contributed by atoms with Crippen LogP contribution in [0.15, 0.2) is 61.2 Å². The van der Waals surface area contributed by atoms with Gasteiger partial charge in [-0.1, -0.05) is 57.2 Å². The Balaban J connectivity index is 1.28. The Morgan fingerprint density at radius 3 is 2.12 bits per heavy atom. The fraction of sp³-hybridized carbons (Fsp3) is 0.595. The molecule has 4 nitrogen and oxygen atoms in total. The van der Waals surface area contributed by atoms with E-state index in [1.165, 1.54) is 89.0 Å². The number of carbonyl (C=O) groups excluding carboxylic acids is 1. The molecule has 0 radical (unpaired) electrons. The van der Waals surface area contributed by atoms with E-state index in [4.69, 9.17) is 14.2 Å². The molecule has 2 aromatic rings. The molecule has 5 rings (SSSR count). The van der Waals surface area contributed by atoms with Crippen LogP contribution in [0, 0.1) is 5.41 Å². The first-order chi connectivity index (χ1) is 20.0. The zero-order valence-electron chi connectivity index (χ0n) is 25.6. The van der Waals surface area contributed by atoms with E-state index in [0.29, 0.717) is 22.8 Å². The molecule has 2 bridgehead atoms. The molecule has 1 unspecified atom stereocenters. The highest BCUT2D eigenvalue weighted by Crippen LogP contribution is 2.60. The highest BCUT2D eigenvalue weighted by Gasteiger charge is 2.52. The number of hydrogen-bond acceptors (Lipinski definition) is 4. The Kier molecular flexibility index (Phi) is 11.9. The molecule has 41 heavy (non-hydrogen) atoms. The third-order valence-electron chi connectivity index (χ3n) is 9.76. The second kappa shape index (κ2) is 15.6. The number of esters is 1. The van der Waals surface area contributed by atoms with E-state index in [-0.39, 0.29) is 11.4 Å². The third-order valence-corrected chi connectivity index (χ3v) is 9.76. The van der Waals surface area contributed by atoms with Gasteiger partial charge in [0.05, 0.1) is 18.3 Å². The van der Waals surface area contributed by atoms with E-state index in [2.05, 4.69) is 32.6 Å². The Hall–Kier alpha value is -2.59. The Labute approximate surface area is 248 Å². The summed E-state index contributed by atoms with van der Waals surface area (Å²) in [6, 6.07) is 15.6. The smallest absolute Gasteiger partial charge is 0.343 e. The van der Waals surface area contributed by atoms with Gasteiger partial charge in [-0.15, -0.1) is 6.58 Å². The number of unbranched alkanes of at least 4 members (excludes halogenated alkanes) is 6. The number of rotatable bonds is 18. The van der Waals surface area contributed by atoms with Gasteiger partial charge in [-0.05, 0) is 124 Å². The third kappa shape index (κ3) is 8.25. The van der Waals surface area contributed by atoms with Gasteiger partial charge in [0.2, 0.25) is 0 Å². The highest BCUT2D eigenvalue weighted by atomic mass is 16.5. The van der Waals surface area contributed by atoms with Crippen molar-refractivity contribution < 1.29 is 19.0 Å². The monoisotopic (exact) mass is 560 g/mol.